The van der Waals surface area contributed by atoms with Gasteiger partial charge in [0.2, 0.25) is 5.91 Å². The van der Waals surface area contributed by atoms with Gasteiger partial charge in [0.15, 0.2) is 5.78 Å². The molecule has 1 aromatic heterocycles. The van der Waals surface area contributed by atoms with E-state index in [1.54, 1.807) is 43.3 Å². The van der Waals surface area contributed by atoms with E-state index in [0.29, 0.717) is 21.3 Å². The minimum atomic E-state index is -0.150. The molecule has 7 heteroatoms. The maximum absolute atomic E-state index is 12.2. The van der Waals surface area contributed by atoms with Gasteiger partial charge in [-0.05, 0) is 29.8 Å². The number of carbonyl (C=O) groups excluding carboxylic acids is 3. The van der Waals surface area contributed by atoms with Crippen molar-refractivity contribution in [3.05, 3.63) is 56.7 Å². The van der Waals surface area contributed by atoms with E-state index in [4.69, 9.17) is 11.6 Å². The van der Waals surface area contributed by atoms with Gasteiger partial charge in [-0.3, -0.25) is 14.4 Å². The first-order chi connectivity index (χ1) is 11.9. The van der Waals surface area contributed by atoms with Crippen LogP contribution in [0.25, 0.3) is 0 Å². The highest BCUT2D eigenvalue weighted by Crippen LogP contribution is 2.23. The first-order valence-corrected chi connectivity index (χ1v) is 8.93. The predicted molar refractivity (Wildman–Crippen MR) is 99.2 cm³/mol. The van der Waals surface area contributed by atoms with E-state index in [-0.39, 0.29) is 30.4 Å². The molecule has 0 atom stereocenters. The summed E-state index contributed by atoms with van der Waals surface area (Å²) in [7, 11) is 3.27. The summed E-state index contributed by atoms with van der Waals surface area (Å²) in [6.45, 7) is 0.422. The van der Waals surface area contributed by atoms with E-state index in [1.807, 2.05) is 12.1 Å². The Morgan fingerprint density at radius 2 is 1.76 bits per heavy atom. The van der Waals surface area contributed by atoms with Crippen LogP contribution in [0, 0.1) is 0 Å². The maximum Gasteiger partial charge on any atom is 0.251 e. The Morgan fingerprint density at radius 3 is 2.32 bits per heavy atom. The number of thiophene rings is 1. The minimum Gasteiger partial charge on any atom is -0.355 e. The van der Waals surface area contributed by atoms with Gasteiger partial charge in [0, 0.05) is 39.0 Å². The highest BCUT2D eigenvalue weighted by atomic mass is 35.5. The van der Waals surface area contributed by atoms with E-state index in [2.05, 4.69) is 5.32 Å². The van der Waals surface area contributed by atoms with Crippen LogP contribution in [-0.2, 0) is 11.3 Å². The molecule has 1 heterocycles. The van der Waals surface area contributed by atoms with E-state index in [1.165, 1.54) is 11.3 Å². The fourth-order valence-corrected chi connectivity index (χ4v) is 3.28. The molecule has 0 saturated heterocycles. The van der Waals surface area contributed by atoms with Gasteiger partial charge in [-0.15, -0.1) is 11.3 Å². The highest BCUT2D eigenvalue weighted by Gasteiger charge is 2.14. The lowest BCUT2D eigenvalue weighted by Gasteiger charge is -2.17. The molecule has 2 amide bonds. The largest absolute Gasteiger partial charge is 0.355 e. The minimum absolute atomic E-state index is 0.0754. The van der Waals surface area contributed by atoms with Gasteiger partial charge in [-0.2, -0.15) is 0 Å². The van der Waals surface area contributed by atoms with E-state index < -0.39 is 0 Å². The fourth-order valence-electron chi connectivity index (χ4n) is 2.27. The Balaban J connectivity index is 1.85. The molecule has 0 aliphatic heterocycles. The first-order valence-electron chi connectivity index (χ1n) is 7.74. The first kappa shape index (κ1) is 19.1. The zero-order valence-electron chi connectivity index (χ0n) is 14.0. The van der Waals surface area contributed by atoms with Crippen LogP contribution < -0.4 is 5.32 Å². The number of carbonyl (C=O) groups is 3. The number of benzene rings is 1. The Labute approximate surface area is 155 Å². The van der Waals surface area contributed by atoms with Crippen LogP contribution in [0.4, 0.5) is 0 Å². The van der Waals surface area contributed by atoms with Crippen LogP contribution >= 0.6 is 22.9 Å². The summed E-state index contributed by atoms with van der Waals surface area (Å²) >= 11 is 7.04. The predicted octanol–water partition coefficient (Wildman–Crippen LogP) is 3.38. The summed E-state index contributed by atoms with van der Waals surface area (Å²) in [5, 5.41) is 2.56. The van der Waals surface area contributed by atoms with Crippen LogP contribution in [0.5, 0.6) is 0 Å². The number of halogens is 1. The molecule has 0 spiro atoms. The van der Waals surface area contributed by atoms with E-state index in [0.717, 1.165) is 5.56 Å². The average Bonchev–Trinajstić information content (AvgIpc) is 3.05. The summed E-state index contributed by atoms with van der Waals surface area (Å²) in [6, 6.07) is 10.4. The van der Waals surface area contributed by atoms with Gasteiger partial charge in [0.1, 0.15) is 0 Å². The molecule has 1 aromatic carbocycles. The molecule has 132 valence electrons. The summed E-state index contributed by atoms with van der Waals surface area (Å²) < 4.78 is 0.562. The zero-order chi connectivity index (χ0) is 18.4. The summed E-state index contributed by atoms with van der Waals surface area (Å²) in [4.78, 5) is 37.9. The lowest BCUT2D eigenvalue weighted by atomic mass is 10.1. The van der Waals surface area contributed by atoms with E-state index >= 15 is 0 Å². The number of ketones is 1. The summed E-state index contributed by atoms with van der Waals surface area (Å²) in [5.74, 6) is -0.330. The fraction of sp³-hybridized carbons (Fsp3) is 0.278. The monoisotopic (exact) mass is 378 g/mol. The summed E-state index contributed by atoms with van der Waals surface area (Å²) in [5.41, 5.74) is 1.49. The SMILES string of the molecule is CNC(=O)c1ccc(CN(C)C(=O)CCC(=O)c2ccc(Cl)s2)cc1. The van der Waals surface area contributed by atoms with Crippen LogP contribution in [0.2, 0.25) is 4.34 Å². The number of nitrogens with one attached hydrogen (secondary N) is 1. The third kappa shape index (κ3) is 5.41. The number of rotatable bonds is 7. The van der Waals surface area contributed by atoms with Gasteiger partial charge >= 0.3 is 0 Å². The maximum atomic E-state index is 12.2. The lowest BCUT2D eigenvalue weighted by molar-refractivity contribution is -0.130. The highest BCUT2D eigenvalue weighted by molar-refractivity contribution is 7.18. The molecular weight excluding hydrogens is 360 g/mol. The third-order valence-electron chi connectivity index (χ3n) is 3.70. The number of hydrogen-bond acceptors (Lipinski definition) is 4. The van der Waals surface area contributed by atoms with E-state index in [9.17, 15) is 14.4 Å². The topological polar surface area (TPSA) is 66.5 Å². The quantitative estimate of drug-likeness (QED) is 0.751. The van der Waals surface area contributed by atoms with Gasteiger partial charge in [0.25, 0.3) is 5.91 Å². The van der Waals surface area contributed by atoms with Crippen molar-refractivity contribution in [2.24, 2.45) is 0 Å². The van der Waals surface area contributed by atoms with Crippen molar-refractivity contribution in [3.63, 3.8) is 0 Å². The van der Waals surface area contributed by atoms with Crippen molar-refractivity contribution in [1.82, 2.24) is 10.2 Å². The molecule has 2 aromatic rings. The molecule has 2 rings (SSSR count). The Morgan fingerprint density at radius 1 is 1.08 bits per heavy atom. The Kier molecular flexibility index (Phi) is 6.73. The molecule has 0 unspecified atom stereocenters. The van der Waals surface area contributed by atoms with Crippen LogP contribution in [0.1, 0.15) is 38.4 Å². The second kappa shape index (κ2) is 8.78. The van der Waals surface area contributed by atoms with Gasteiger partial charge < -0.3 is 10.2 Å². The van der Waals surface area contributed by atoms with Crippen LogP contribution in [0.15, 0.2) is 36.4 Å². The van der Waals surface area contributed by atoms with Gasteiger partial charge in [0.05, 0.1) is 9.21 Å². The molecule has 0 aliphatic carbocycles. The van der Waals surface area contributed by atoms with Gasteiger partial charge in [-0.25, -0.2) is 0 Å². The Bertz CT molecular complexity index is 771. The van der Waals surface area contributed by atoms with Gasteiger partial charge in [-0.1, -0.05) is 23.7 Å². The van der Waals surface area contributed by atoms with Crippen molar-refractivity contribution < 1.29 is 14.4 Å². The van der Waals surface area contributed by atoms with Crippen LogP contribution in [0.3, 0.4) is 0 Å². The van der Waals surface area contributed by atoms with Crippen LogP contribution in [-0.4, -0.2) is 36.6 Å². The number of nitrogens with zero attached hydrogens (tertiary/aromatic N) is 1. The van der Waals surface area contributed by atoms with Crippen molar-refractivity contribution in [3.8, 4) is 0 Å². The third-order valence-corrected chi connectivity index (χ3v) is 4.97. The molecule has 1 N–H and O–H groups in total. The molecule has 0 saturated carbocycles. The molecule has 0 bridgehead atoms. The second-order valence-electron chi connectivity index (χ2n) is 5.55. The smallest absolute Gasteiger partial charge is 0.251 e. The molecule has 5 nitrogen and oxygen atoms in total. The standard InChI is InChI=1S/C18H19ClN2O3S/c1-20-18(24)13-5-3-12(4-6-13)11-21(2)17(23)10-7-14(22)15-8-9-16(19)25-15/h3-6,8-9H,7,10-11H2,1-2H3,(H,20,24). The van der Waals surface area contributed by atoms with Crippen molar-refractivity contribution in [2.45, 2.75) is 19.4 Å². The van der Waals surface area contributed by atoms with Crippen molar-refractivity contribution in [2.75, 3.05) is 14.1 Å². The number of hydrogen-bond donors (Lipinski definition) is 1. The Hall–Kier alpha value is -2.18. The normalized spacial score (nSPS) is 10.4. The lowest BCUT2D eigenvalue weighted by Crippen LogP contribution is -2.26. The van der Waals surface area contributed by atoms with Crippen molar-refractivity contribution >= 4 is 40.5 Å². The number of Topliss-reactive ketones (excluding diaryl/α,β-unsaturated/α-hetero) is 1. The molecule has 25 heavy (non-hydrogen) atoms. The molecular formula is C18H19ClN2O3S. The molecule has 0 radical (unpaired) electrons. The second-order valence-corrected chi connectivity index (χ2v) is 7.27. The molecule has 0 aliphatic rings. The average molecular weight is 379 g/mol. The zero-order valence-corrected chi connectivity index (χ0v) is 15.6. The molecule has 0 fully saturated rings. The van der Waals surface area contributed by atoms with Crippen molar-refractivity contribution in [1.29, 1.82) is 0 Å². The summed E-state index contributed by atoms with van der Waals surface area (Å²) in [6.07, 6.45) is 0.316. The number of amides is 2.